The number of rotatable bonds is 5. The second-order valence-electron chi connectivity index (χ2n) is 3.58. The van der Waals surface area contributed by atoms with Crippen LogP contribution in [0.5, 0.6) is 0 Å². The lowest BCUT2D eigenvalue weighted by Gasteiger charge is -2.14. The predicted molar refractivity (Wildman–Crippen MR) is 65.5 cm³/mol. The number of nitrogens with one attached hydrogen (secondary N) is 1. The molecule has 0 amide bonds. The highest BCUT2D eigenvalue weighted by Gasteiger charge is 2.14. The molecular formula is C11H16N4S. The summed E-state index contributed by atoms with van der Waals surface area (Å²) in [6, 6.07) is 0.306. The molecule has 0 aliphatic heterocycles. The maximum Gasteiger partial charge on any atom is 0.110 e. The summed E-state index contributed by atoms with van der Waals surface area (Å²) < 4.78 is 2.17. The third-order valence-corrected chi connectivity index (χ3v) is 3.56. The molecule has 2 aromatic heterocycles. The molecule has 2 rings (SSSR count). The first-order valence-corrected chi connectivity index (χ1v) is 6.28. The van der Waals surface area contributed by atoms with Gasteiger partial charge in [-0.2, -0.15) is 0 Å². The molecule has 2 aromatic rings. The summed E-state index contributed by atoms with van der Waals surface area (Å²) in [5, 5.41) is 3.31. The molecule has 0 aliphatic rings. The molecule has 1 atom stereocenters. The van der Waals surface area contributed by atoms with E-state index in [9.17, 15) is 0 Å². The topological polar surface area (TPSA) is 42.7 Å². The van der Waals surface area contributed by atoms with Crippen molar-refractivity contribution in [2.45, 2.75) is 25.9 Å². The number of likely N-dealkylation sites (N-methyl/N-ethyl adjacent to an activating group) is 1. The van der Waals surface area contributed by atoms with Crippen molar-refractivity contribution in [2.75, 3.05) is 7.05 Å². The van der Waals surface area contributed by atoms with Crippen LogP contribution >= 0.6 is 11.3 Å². The van der Waals surface area contributed by atoms with E-state index in [4.69, 9.17) is 0 Å². The number of thiazole rings is 1. The van der Waals surface area contributed by atoms with Gasteiger partial charge in [0.05, 0.1) is 5.51 Å². The zero-order valence-electron chi connectivity index (χ0n) is 9.55. The Hall–Kier alpha value is -1.20. The number of imidazole rings is 1. The van der Waals surface area contributed by atoms with Gasteiger partial charge in [-0.3, -0.25) is 4.98 Å². The van der Waals surface area contributed by atoms with Gasteiger partial charge in [-0.05, 0) is 14.0 Å². The molecule has 4 nitrogen and oxygen atoms in total. The van der Waals surface area contributed by atoms with Crippen LogP contribution in [0.25, 0.3) is 0 Å². The van der Waals surface area contributed by atoms with Crippen molar-refractivity contribution < 1.29 is 0 Å². The van der Waals surface area contributed by atoms with Gasteiger partial charge in [-0.1, -0.05) is 0 Å². The molecule has 0 saturated carbocycles. The molecule has 0 saturated heterocycles. The van der Waals surface area contributed by atoms with E-state index in [2.05, 4.69) is 26.8 Å². The molecular weight excluding hydrogens is 220 g/mol. The second kappa shape index (κ2) is 5.23. The van der Waals surface area contributed by atoms with Crippen molar-refractivity contribution in [1.82, 2.24) is 19.9 Å². The largest absolute Gasteiger partial charge is 0.335 e. The van der Waals surface area contributed by atoms with Gasteiger partial charge in [0.2, 0.25) is 0 Å². The molecule has 0 radical (unpaired) electrons. The zero-order valence-corrected chi connectivity index (χ0v) is 10.4. The molecule has 0 fully saturated rings. The Morgan fingerprint density at radius 3 is 3.06 bits per heavy atom. The summed E-state index contributed by atoms with van der Waals surface area (Å²) >= 11 is 1.68. The van der Waals surface area contributed by atoms with Crippen LogP contribution in [0.2, 0.25) is 0 Å². The average molecular weight is 236 g/mol. The van der Waals surface area contributed by atoms with Gasteiger partial charge in [0.1, 0.15) is 5.82 Å². The van der Waals surface area contributed by atoms with Crippen LogP contribution in [-0.2, 0) is 13.0 Å². The van der Waals surface area contributed by atoms with Gasteiger partial charge < -0.3 is 9.88 Å². The summed E-state index contributed by atoms with van der Waals surface area (Å²) in [4.78, 5) is 9.76. The first-order chi connectivity index (χ1) is 7.85. The van der Waals surface area contributed by atoms with Gasteiger partial charge in [-0.25, -0.2) is 4.98 Å². The van der Waals surface area contributed by atoms with E-state index in [0.717, 1.165) is 18.8 Å². The van der Waals surface area contributed by atoms with Gasteiger partial charge in [0.15, 0.2) is 0 Å². The fourth-order valence-corrected chi connectivity index (χ4v) is 2.47. The highest BCUT2D eigenvalue weighted by molar-refractivity contribution is 7.09. The maximum atomic E-state index is 4.39. The Morgan fingerprint density at radius 2 is 2.44 bits per heavy atom. The standard InChI is InChI=1S/C11H16N4S/c1-3-15-5-4-14-11(15)6-9(12-2)10-7-13-8-16-10/h4-5,7-9,12H,3,6H2,1-2H3. The van der Waals surface area contributed by atoms with E-state index < -0.39 is 0 Å². The van der Waals surface area contributed by atoms with Crippen molar-refractivity contribution in [1.29, 1.82) is 0 Å². The molecule has 1 N–H and O–H groups in total. The van der Waals surface area contributed by atoms with Crippen LogP contribution < -0.4 is 5.32 Å². The molecule has 0 aliphatic carbocycles. The molecule has 0 aromatic carbocycles. The van der Waals surface area contributed by atoms with Crippen LogP contribution in [-0.4, -0.2) is 21.6 Å². The lowest BCUT2D eigenvalue weighted by molar-refractivity contribution is 0.559. The summed E-state index contributed by atoms with van der Waals surface area (Å²) in [5.74, 6) is 1.12. The summed E-state index contributed by atoms with van der Waals surface area (Å²) in [5.41, 5.74) is 1.87. The molecule has 16 heavy (non-hydrogen) atoms. The average Bonchev–Trinajstić information content (AvgIpc) is 2.96. The van der Waals surface area contributed by atoms with E-state index in [-0.39, 0.29) is 0 Å². The Bertz CT molecular complexity index is 421. The Morgan fingerprint density at radius 1 is 1.56 bits per heavy atom. The maximum absolute atomic E-state index is 4.39. The van der Waals surface area contributed by atoms with Crippen LogP contribution in [0.4, 0.5) is 0 Å². The summed E-state index contributed by atoms with van der Waals surface area (Å²) in [6.07, 6.45) is 6.71. The van der Waals surface area contributed by atoms with E-state index in [0.29, 0.717) is 6.04 Å². The molecule has 2 heterocycles. The molecule has 5 heteroatoms. The summed E-state index contributed by atoms with van der Waals surface area (Å²) in [6.45, 7) is 3.10. The minimum Gasteiger partial charge on any atom is -0.335 e. The molecule has 0 bridgehead atoms. The number of aryl methyl sites for hydroxylation is 1. The van der Waals surface area contributed by atoms with Crippen LogP contribution in [0.15, 0.2) is 24.1 Å². The Balaban J connectivity index is 2.13. The number of hydrogen-bond donors (Lipinski definition) is 1. The van der Waals surface area contributed by atoms with Gasteiger partial charge in [0.25, 0.3) is 0 Å². The lowest BCUT2D eigenvalue weighted by Crippen LogP contribution is -2.19. The third kappa shape index (κ3) is 2.31. The van der Waals surface area contributed by atoms with E-state index in [1.165, 1.54) is 4.88 Å². The highest BCUT2D eigenvalue weighted by Crippen LogP contribution is 2.20. The van der Waals surface area contributed by atoms with Crippen molar-refractivity contribution in [3.05, 3.63) is 34.8 Å². The predicted octanol–water partition coefficient (Wildman–Crippen LogP) is 1.86. The molecule has 0 spiro atoms. The Labute approximate surface area is 99.4 Å². The first kappa shape index (κ1) is 11.3. The van der Waals surface area contributed by atoms with Crippen molar-refractivity contribution in [2.24, 2.45) is 0 Å². The van der Waals surface area contributed by atoms with Gasteiger partial charge in [-0.15, -0.1) is 11.3 Å². The van der Waals surface area contributed by atoms with Crippen LogP contribution in [0, 0.1) is 0 Å². The number of hydrogen-bond acceptors (Lipinski definition) is 4. The Kier molecular flexibility index (Phi) is 3.69. The zero-order chi connectivity index (χ0) is 11.4. The lowest BCUT2D eigenvalue weighted by atomic mass is 10.2. The SMILES string of the molecule is CCn1ccnc1CC(NC)c1cncs1. The van der Waals surface area contributed by atoms with Gasteiger partial charge in [0, 0.05) is 42.5 Å². The minimum atomic E-state index is 0.306. The minimum absolute atomic E-state index is 0.306. The smallest absolute Gasteiger partial charge is 0.110 e. The number of aromatic nitrogens is 3. The summed E-state index contributed by atoms with van der Waals surface area (Å²) in [7, 11) is 1.98. The fraction of sp³-hybridized carbons (Fsp3) is 0.455. The van der Waals surface area contributed by atoms with E-state index in [1.54, 1.807) is 11.3 Å². The molecule has 86 valence electrons. The number of nitrogens with zero attached hydrogens (tertiary/aromatic N) is 3. The second-order valence-corrected chi connectivity index (χ2v) is 4.50. The quantitative estimate of drug-likeness (QED) is 0.861. The normalized spacial score (nSPS) is 12.9. The van der Waals surface area contributed by atoms with E-state index >= 15 is 0 Å². The molecule has 1 unspecified atom stereocenters. The van der Waals surface area contributed by atoms with Crippen LogP contribution in [0.1, 0.15) is 23.7 Å². The van der Waals surface area contributed by atoms with Crippen molar-refractivity contribution in [3.63, 3.8) is 0 Å². The monoisotopic (exact) mass is 236 g/mol. The van der Waals surface area contributed by atoms with Gasteiger partial charge >= 0.3 is 0 Å². The van der Waals surface area contributed by atoms with Crippen LogP contribution in [0.3, 0.4) is 0 Å². The first-order valence-electron chi connectivity index (χ1n) is 5.40. The highest BCUT2D eigenvalue weighted by atomic mass is 32.1. The van der Waals surface area contributed by atoms with E-state index in [1.807, 2.05) is 31.1 Å². The van der Waals surface area contributed by atoms with Crippen molar-refractivity contribution >= 4 is 11.3 Å². The van der Waals surface area contributed by atoms with Crippen molar-refractivity contribution in [3.8, 4) is 0 Å². The third-order valence-electron chi connectivity index (χ3n) is 2.67. The fourth-order valence-electron chi connectivity index (χ4n) is 1.74.